The first-order valence-electron chi connectivity index (χ1n) is 12.7. The monoisotopic (exact) mass is 486 g/mol. The standard InChI is InChI=1S/C36H22S/c1-2-7-23(8-3-1)24-13-15-25(16-14-24)31-22-32(34-21-28-9-4-5-12-33(28)37-34)30-20-18-27-11-6-10-26-17-19-29(31)36(30)35(26)27/h1-22H. The third-order valence-electron chi connectivity index (χ3n) is 7.64. The van der Waals surface area contributed by atoms with Crippen LogP contribution in [0.25, 0.3) is 75.1 Å². The highest BCUT2D eigenvalue weighted by Gasteiger charge is 2.17. The molecule has 7 aromatic carbocycles. The topological polar surface area (TPSA) is 0 Å². The van der Waals surface area contributed by atoms with Crippen molar-refractivity contribution in [2.75, 3.05) is 0 Å². The highest BCUT2D eigenvalue weighted by Crippen LogP contribution is 2.46. The van der Waals surface area contributed by atoms with Crippen molar-refractivity contribution in [3.63, 3.8) is 0 Å². The van der Waals surface area contributed by atoms with Gasteiger partial charge >= 0.3 is 0 Å². The van der Waals surface area contributed by atoms with E-state index in [0.717, 1.165) is 0 Å². The van der Waals surface area contributed by atoms with E-state index < -0.39 is 0 Å². The zero-order valence-electron chi connectivity index (χ0n) is 20.1. The summed E-state index contributed by atoms with van der Waals surface area (Å²) in [5.41, 5.74) is 6.34. The average Bonchev–Trinajstić information content (AvgIpc) is 3.40. The lowest BCUT2D eigenvalue weighted by Crippen LogP contribution is -1.90. The summed E-state index contributed by atoms with van der Waals surface area (Å²) >= 11 is 1.88. The van der Waals surface area contributed by atoms with Gasteiger partial charge in [0.05, 0.1) is 0 Å². The van der Waals surface area contributed by atoms with Gasteiger partial charge < -0.3 is 0 Å². The van der Waals surface area contributed by atoms with Crippen molar-refractivity contribution in [2.24, 2.45) is 0 Å². The average molecular weight is 487 g/mol. The molecule has 1 aromatic heterocycles. The highest BCUT2D eigenvalue weighted by atomic mass is 32.1. The van der Waals surface area contributed by atoms with E-state index in [-0.39, 0.29) is 0 Å². The van der Waals surface area contributed by atoms with Crippen LogP contribution < -0.4 is 0 Å². The maximum absolute atomic E-state index is 2.42. The molecule has 0 saturated carbocycles. The van der Waals surface area contributed by atoms with Crippen LogP contribution in [-0.2, 0) is 0 Å². The largest absolute Gasteiger partial charge is 0.135 e. The molecule has 0 aliphatic heterocycles. The van der Waals surface area contributed by atoms with Gasteiger partial charge in [0.15, 0.2) is 0 Å². The van der Waals surface area contributed by atoms with Crippen molar-refractivity contribution >= 4 is 53.7 Å². The number of rotatable bonds is 3. The molecule has 8 rings (SSSR count). The molecule has 1 heteroatoms. The number of benzene rings is 7. The van der Waals surface area contributed by atoms with Crippen molar-refractivity contribution in [1.29, 1.82) is 0 Å². The van der Waals surface area contributed by atoms with Crippen LogP contribution in [0.3, 0.4) is 0 Å². The van der Waals surface area contributed by atoms with E-state index in [4.69, 9.17) is 0 Å². The van der Waals surface area contributed by atoms with Crippen LogP contribution in [-0.4, -0.2) is 0 Å². The fourth-order valence-corrected chi connectivity index (χ4v) is 6.95. The van der Waals surface area contributed by atoms with Gasteiger partial charge in [-0.05, 0) is 78.2 Å². The lowest BCUT2D eigenvalue weighted by atomic mass is 9.86. The SMILES string of the molecule is c1ccc(-c2ccc(-c3cc(-c4cc5ccccc5s4)c4ccc5cccc6ccc3c4c65)cc2)cc1. The first kappa shape index (κ1) is 20.7. The van der Waals surface area contributed by atoms with Gasteiger partial charge in [-0.3, -0.25) is 0 Å². The molecule has 0 fully saturated rings. The quantitative estimate of drug-likeness (QED) is 0.218. The fraction of sp³-hybridized carbons (Fsp3) is 0. The Morgan fingerprint density at radius 3 is 1.76 bits per heavy atom. The van der Waals surface area contributed by atoms with Crippen LogP contribution in [0, 0.1) is 0 Å². The van der Waals surface area contributed by atoms with Crippen molar-refractivity contribution in [3.8, 4) is 32.7 Å². The highest BCUT2D eigenvalue weighted by molar-refractivity contribution is 7.22. The van der Waals surface area contributed by atoms with Crippen molar-refractivity contribution in [1.82, 2.24) is 0 Å². The predicted molar refractivity (Wildman–Crippen MR) is 162 cm³/mol. The van der Waals surface area contributed by atoms with E-state index in [9.17, 15) is 0 Å². The minimum absolute atomic E-state index is 1.24. The van der Waals surface area contributed by atoms with Crippen molar-refractivity contribution < 1.29 is 0 Å². The van der Waals surface area contributed by atoms with E-state index in [1.54, 1.807) is 0 Å². The summed E-state index contributed by atoms with van der Waals surface area (Å²) in [6.45, 7) is 0. The van der Waals surface area contributed by atoms with E-state index in [0.29, 0.717) is 0 Å². The Hall–Kier alpha value is -4.46. The van der Waals surface area contributed by atoms with E-state index in [1.165, 1.54) is 75.1 Å². The molecule has 0 aliphatic rings. The molecule has 0 amide bonds. The lowest BCUT2D eigenvalue weighted by Gasteiger charge is -2.17. The summed E-state index contributed by atoms with van der Waals surface area (Å²) in [6, 6.07) is 49.0. The minimum atomic E-state index is 1.24. The Kier molecular flexibility index (Phi) is 4.49. The lowest BCUT2D eigenvalue weighted by molar-refractivity contribution is 1.61. The number of thiophene rings is 1. The van der Waals surface area contributed by atoms with Crippen LogP contribution in [0.1, 0.15) is 0 Å². The second kappa shape index (κ2) is 8.03. The first-order valence-corrected chi connectivity index (χ1v) is 13.5. The summed E-state index contributed by atoms with van der Waals surface area (Å²) in [4.78, 5) is 1.32. The summed E-state index contributed by atoms with van der Waals surface area (Å²) < 4.78 is 1.33. The normalized spacial score (nSPS) is 11.8. The third-order valence-corrected chi connectivity index (χ3v) is 8.79. The molecular weight excluding hydrogens is 464 g/mol. The first-order chi connectivity index (χ1) is 18.3. The molecule has 0 aliphatic carbocycles. The molecule has 0 bridgehead atoms. The van der Waals surface area contributed by atoms with E-state index in [2.05, 4.69) is 133 Å². The maximum atomic E-state index is 2.42. The Labute approximate surface area is 219 Å². The molecule has 1 heterocycles. The van der Waals surface area contributed by atoms with Crippen molar-refractivity contribution in [3.05, 3.63) is 133 Å². The molecule has 0 atom stereocenters. The Morgan fingerprint density at radius 1 is 0.378 bits per heavy atom. The van der Waals surface area contributed by atoms with Crippen LogP contribution in [0.15, 0.2) is 133 Å². The Balaban J connectivity index is 1.44. The van der Waals surface area contributed by atoms with Crippen LogP contribution in [0.2, 0.25) is 0 Å². The Morgan fingerprint density at radius 2 is 1.00 bits per heavy atom. The number of hydrogen-bond donors (Lipinski definition) is 0. The van der Waals surface area contributed by atoms with Crippen LogP contribution in [0.4, 0.5) is 0 Å². The maximum Gasteiger partial charge on any atom is 0.0361 e. The van der Waals surface area contributed by atoms with Gasteiger partial charge in [-0.25, -0.2) is 0 Å². The summed E-state index contributed by atoms with van der Waals surface area (Å²) in [7, 11) is 0. The second-order valence-corrected chi connectivity index (χ2v) is 10.8. The summed E-state index contributed by atoms with van der Waals surface area (Å²) in [5, 5.41) is 9.29. The summed E-state index contributed by atoms with van der Waals surface area (Å²) in [5.74, 6) is 0. The molecule has 0 radical (unpaired) electrons. The van der Waals surface area contributed by atoms with Gasteiger partial charge in [0.1, 0.15) is 0 Å². The van der Waals surface area contributed by atoms with Crippen LogP contribution >= 0.6 is 11.3 Å². The minimum Gasteiger partial charge on any atom is -0.135 e. The number of hydrogen-bond acceptors (Lipinski definition) is 1. The summed E-state index contributed by atoms with van der Waals surface area (Å²) in [6.07, 6.45) is 0. The third kappa shape index (κ3) is 3.21. The van der Waals surface area contributed by atoms with E-state index >= 15 is 0 Å². The van der Waals surface area contributed by atoms with Gasteiger partial charge in [0.2, 0.25) is 0 Å². The smallest absolute Gasteiger partial charge is 0.0361 e. The molecule has 8 aromatic rings. The molecule has 0 unspecified atom stereocenters. The predicted octanol–water partition coefficient (Wildman–Crippen LogP) is 10.8. The van der Waals surface area contributed by atoms with Crippen LogP contribution in [0.5, 0.6) is 0 Å². The Bertz CT molecular complexity index is 2010. The zero-order chi connectivity index (χ0) is 24.3. The molecule has 0 saturated heterocycles. The van der Waals surface area contributed by atoms with Crippen molar-refractivity contribution in [2.45, 2.75) is 0 Å². The molecule has 0 nitrogen and oxygen atoms in total. The number of fused-ring (bicyclic) bond motifs is 1. The molecular formula is C36H22S. The molecule has 37 heavy (non-hydrogen) atoms. The van der Waals surface area contributed by atoms with E-state index in [1.807, 2.05) is 11.3 Å². The van der Waals surface area contributed by atoms with Gasteiger partial charge in [-0.2, -0.15) is 0 Å². The van der Waals surface area contributed by atoms with Gasteiger partial charge in [0, 0.05) is 15.1 Å². The zero-order valence-corrected chi connectivity index (χ0v) is 20.9. The van der Waals surface area contributed by atoms with Gasteiger partial charge in [0.25, 0.3) is 0 Å². The molecule has 172 valence electrons. The fourth-order valence-electron chi connectivity index (χ4n) is 5.86. The van der Waals surface area contributed by atoms with Gasteiger partial charge in [-0.15, -0.1) is 11.3 Å². The van der Waals surface area contributed by atoms with Gasteiger partial charge in [-0.1, -0.05) is 115 Å². The molecule has 0 spiro atoms. The molecule has 0 N–H and O–H groups in total. The second-order valence-electron chi connectivity index (χ2n) is 9.74.